The fraction of sp³-hybridized carbons (Fsp3) is 0.316. The number of halogens is 2. The lowest BCUT2D eigenvalue weighted by Crippen LogP contribution is -2.37. The number of amides is 1. The van der Waals surface area contributed by atoms with Crippen molar-refractivity contribution in [2.75, 3.05) is 19.0 Å². The Labute approximate surface area is 182 Å². The molecule has 158 valence electrons. The van der Waals surface area contributed by atoms with E-state index in [2.05, 4.69) is 27.5 Å². The van der Waals surface area contributed by atoms with Crippen molar-refractivity contribution in [3.63, 3.8) is 0 Å². The molecule has 0 fully saturated rings. The van der Waals surface area contributed by atoms with Crippen LogP contribution >= 0.6 is 24.8 Å². The molecule has 0 aliphatic carbocycles. The number of imidazole rings is 1. The zero-order valence-electron chi connectivity index (χ0n) is 16.1. The van der Waals surface area contributed by atoms with E-state index in [1.165, 1.54) is 5.56 Å². The third-order valence-corrected chi connectivity index (χ3v) is 4.08. The van der Waals surface area contributed by atoms with Crippen molar-refractivity contribution in [3.8, 4) is 0 Å². The lowest BCUT2D eigenvalue weighted by Gasteiger charge is -2.09. The molecule has 10 heteroatoms. The lowest BCUT2D eigenvalue weighted by atomic mass is 10.1. The maximum absolute atomic E-state index is 12.3. The van der Waals surface area contributed by atoms with Gasteiger partial charge in [-0.05, 0) is 5.56 Å². The first-order valence-corrected chi connectivity index (χ1v) is 8.77. The highest BCUT2D eigenvalue weighted by atomic mass is 35.5. The number of rotatable bonds is 9. The van der Waals surface area contributed by atoms with E-state index in [1.54, 1.807) is 30.4 Å². The van der Waals surface area contributed by atoms with Gasteiger partial charge in [-0.2, -0.15) is 5.10 Å². The molecular weight excluding hydrogens is 415 g/mol. The van der Waals surface area contributed by atoms with Crippen LogP contribution in [0.2, 0.25) is 0 Å². The molecule has 0 spiro atoms. The summed E-state index contributed by atoms with van der Waals surface area (Å²) in [5.41, 5.74) is 7.99. The van der Waals surface area contributed by atoms with E-state index in [1.807, 2.05) is 29.0 Å². The Balaban J connectivity index is 0.00000210. The zero-order valence-corrected chi connectivity index (χ0v) is 17.7. The number of anilines is 1. The fourth-order valence-electron chi connectivity index (χ4n) is 2.67. The number of nitrogens with zero attached hydrogens (tertiary/aromatic N) is 4. The summed E-state index contributed by atoms with van der Waals surface area (Å²) in [6, 6.07) is 11.1. The van der Waals surface area contributed by atoms with Gasteiger partial charge < -0.3 is 20.4 Å². The molecule has 0 saturated heterocycles. The molecule has 3 N–H and O–H groups in total. The van der Waals surface area contributed by atoms with Crippen LogP contribution in [0, 0.1) is 0 Å². The third kappa shape index (κ3) is 7.51. The first kappa shape index (κ1) is 24.6. The number of ether oxygens (including phenoxy) is 1. The second-order valence-corrected chi connectivity index (χ2v) is 6.28. The summed E-state index contributed by atoms with van der Waals surface area (Å²) in [5, 5.41) is 6.99. The van der Waals surface area contributed by atoms with Crippen LogP contribution in [0.5, 0.6) is 0 Å². The van der Waals surface area contributed by atoms with E-state index in [0.717, 1.165) is 12.2 Å². The molecule has 2 aromatic heterocycles. The first-order valence-electron chi connectivity index (χ1n) is 8.77. The molecule has 0 radical (unpaired) electrons. The van der Waals surface area contributed by atoms with E-state index in [-0.39, 0.29) is 30.7 Å². The summed E-state index contributed by atoms with van der Waals surface area (Å²) >= 11 is 0. The van der Waals surface area contributed by atoms with Crippen LogP contribution in [0.25, 0.3) is 0 Å². The summed E-state index contributed by atoms with van der Waals surface area (Å²) < 4.78 is 8.69. The predicted molar refractivity (Wildman–Crippen MR) is 117 cm³/mol. The maximum atomic E-state index is 12.3. The van der Waals surface area contributed by atoms with Gasteiger partial charge in [0.2, 0.25) is 5.91 Å². The van der Waals surface area contributed by atoms with E-state index >= 15 is 0 Å². The Kier molecular flexibility index (Phi) is 10.4. The van der Waals surface area contributed by atoms with Gasteiger partial charge in [0.05, 0.1) is 31.2 Å². The zero-order chi connectivity index (χ0) is 19.1. The highest BCUT2D eigenvalue weighted by molar-refractivity contribution is 5.93. The van der Waals surface area contributed by atoms with Crippen LogP contribution < -0.4 is 11.1 Å². The van der Waals surface area contributed by atoms with E-state index in [9.17, 15) is 4.79 Å². The monoisotopic (exact) mass is 440 g/mol. The van der Waals surface area contributed by atoms with Gasteiger partial charge in [0.25, 0.3) is 0 Å². The van der Waals surface area contributed by atoms with Crippen LogP contribution in [0.15, 0.2) is 55.1 Å². The molecule has 1 amide bonds. The number of nitrogens with two attached hydrogens (primary N) is 1. The average molecular weight is 441 g/mol. The van der Waals surface area contributed by atoms with E-state index < -0.39 is 6.04 Å². The normalized spacial score (nSPS) is 11.2. The Morgan fingerprint density at radius 2 is 2.00 bits per heavy atom. The minimum atomic E-state index is -0.700. The molecular formula is C19H26Cl2N6O2. The lowest BCUT2D eigenvalue weighted by molar-refractivity contribution is -0.117. The SMILES string of the molecule is COCCn1ccc(NC(=O)[C@@H](N)Cc2cn(Cc3ccccc3)cn2)n1.Cl.Cl. The molecule has 3 rings (SSSR count). The molecule has 0 unspecified atom stereocenters. The Hall–Kier alpha value is -2.39. The van der Waals surface area contributed by atoms with Gasteiger partial charge in [0.15, 0.2) is 5.82 Å². The molecule has 1 aromatic carbocycles. The molecule has 1 atom stereocenters. The number of aromatic nitrogens is 4. The van der Waals surface area contributed by atoms with Crippen molar-refractivity contribution in [2.24, 2.45) is 5.73 Å². The van der Waals surface area contributed by atoms with Gasteiger partial charge in [-0.15, -0.1) is 24.8 Å². The van der Waals surface area contributed by atoms with Crippen LogP contribution in [0.1, 0.15) is 11.3 Å². The van der Waals surface area contributed by atoms with E-state index in [0.29, 0.717) is 25.4 Å². The van der Waals surface area contributed by atoms with Crippen molar-refractivity contribution < 1.29 is 9.53 Å². The van der Waals surface area contributed by atoms with Crippen LogP contribution in [-0.4, -0.2) is 45.0 Å². The first-order chi connectivity index (χ1) is 13.1. The van der Waals surface area contributed by atoms with Gasteiger partial charge >= 0.3 is 0 Å². The molecule has 0 bridgehead atoms. The molecule has 29 heavy (non-hydrogen) atoms. The number of carbonyl (C=O) groups excluding carboxylic acids is 1. The van der Waals surface area contributed by atoms with Gasteiger partial charge in [-0.1, -0.05) is 30.3 Å². The Bertz CT molecular complexity index is 868. The summed E-state index contributed by atoms with van der Waals surface area (Å²) in [6.07, 6.45) is 5.81. The molecule has 8 nitrogen and oxygen atoms in total. The van der Waals surface area contributed by atoms with Gasteiger partial charge in [0.1, 0.15) is 0 Å². The second kappa shape index (κ2) is 12.2. The number of hydrogen-bond acceptors (Lipinski definition) is 5. The minimum Gasteiger partial charge on any atom is -0.383 e. The van der Waals surface area contributed by atoms with Crippen molar-refractivity contribution >= 4 is 36.5 Å². The van der Waals surface area contributed by atoms with Gasteiger partial charge in [0, 0.05) is 38.5 Å². The quantitative estimate of drug-likeness (QED) is 0.530. The number of carbonyl (C=O) groups is 1. The number of hydrogen-bond donors (Lipinski definition) is 2. The molecule has 0 aliphatic heterocycles. The van der Waals surface area contributed by atoms with Crippen molar-refractivity contribution in [1.29, 1.82) is 0 Å². The van der Waals surface area contributed by atoms with Crippen molar-refractivity contribution in [3.05, 3.63) is 66.4 Å². The maximum Gasteiger partial charge on any atom is 0.242 e. The average Bonchev–Trinajstić information content (AvgIpc) is 3.30. The van der Waals surface area contributed by atoms with Crippen LogP contribution in [-0.2, 0) is 29.0 Å². The van der Waals surface area contributed by atoms with Crippen molar-refractivity contribution in [2.45, 2.75) is 25.6 Å². The third-order valence-electron chi connectivity index (χ3n) is 4.08. The highest BCUT2D eigenvalue weighted by Gasteiger charge is 2.16. The number of nitrogens with one attached hydrogen (secondary N) is 1. The Morgan fingerprint density at radius 3 is 2.72 bits per heavy atom. The topological polar surface area (TPSA) is 100.0 Å². The van der Waals surface area contributed by atoms with Crippen molar-refractivity contribution in [1.82, 2.24) is 19.3 Å². The summed E-state index contributed by atoms with van der Waals surface area (Å²) in [5.74, 6) is 0.186. The second-order valence-electron chi connectivity index (χ2n) is 6.28. The predicted octanol–water partition coefficient (Wildman–Crippen LogP) is 2.13. The fourth-order valence-corrected chi connectivity index (χ4v) is 2.67. The number of benzene rings is 1. The summed E-state index contributed by atoms with van der Waals surface area (Å²) in [7, 11) is 1.63. The van der Waals surface area contributed by atoms with Crippen LogP contribution in [0.4, 0.5) is 5.82 Å². The van der Waals surface area contributed by atoms with Crippen LogP contribution in [0.3, 0.4) is 0 Å². The molecule has 2 heterocycles. The Morgan fingerprint density at radius 1 is 1.24 bits per heavy atom. The standard InChI is InChI=1S/C19H24N6O2.2ClH/c1-27-10-9-25-8-7-18(23-25)22-19(26)17(20)11-16-13-24(14-21-16)12-15-5-3-2-4-6-15;;/h2-8,13-14,17H,9-12,20H2,1H3,(H,22,23,26);2*1H/t17-;;/m0../s1. The molecule has 0 saturated carbocycles. The van der Waals surface area contributed by atoms with Gasteiger partial charge in [-0.3, -0.25) is 9.48 Å². The minimum absolute atomic E-state index is 0. The smallest absolute Gasteiger partial charge is 0.242 e. The summed E-state index contributed by atoms with van der Waals surface area (Å²) in [4.78, 5) is 16.6. The van der Waals surface area contributed by atoms with E-state index in [4.69, 9.17) is 10.5 Å². The van der Waals surface area contributed by atoms with Gasteiger partial charge in [-0.25, -0.2) is 4.98 Å². The number of methoxy groups -OCH3 is 1. The summed E-state index contributed by atoms with van der Waals surface area (Å²) in [6.45, 7) is 1.91. The molecule has 0 aliphatic rings. The largest absolute Gasteiger partial charge is 0.383 e. The molecule has 3 aromatic rings. The highest BCUT2D eigenvalue weighted by Crippen LogP contribution is 2.07.